The second-order valence-corrected chi connectivity index (χ2v) is 4.62. The number of rotatable bonds is 0. The summed E-state index contributed by atoms with van der Waals surface area (Å²) in [7, 11) is 0. The molecule has 2 heteroatoms. The number of allylic oxidation sites excluding steroid dienone is 2. The van der Waals surface area contributed by atoms with Crippen LogP contribution >= 0.6 is 0 Å². The van der Waals surface area contributed by atoms with Crippen LogP contribution in [-0.4, -0.2) is 10.9 Å². The highest BCUT2D eigenvalue weighted by Gasteiger charge is 2.06. The normalized spacial score (nSPS) is 8.86. The van der Waals surface area contributed by atoms with E-state index in [2.05, 4.69) is 18.0 Å². The first kappa shape index (κ1) is 19.0. The highest BCUT2D eigenvalue weighted by molar-refractivity contribution is 4.79. The van der Waals surface area contributed by atoms with Crippen LogP contribution in [0.4, 0.5) is 0 Å². The predicted molar refractivity (Wildman–Crippen MR) is 64.4 cm³/mol. The van der Waals surface area contributed by atoms with Gasteiger partial charge >= 0.3 is 0 Å². The Hall–Kier alpha value is -0.600. The summed E-state index contributed by atoms with van der Waals surface area (Å²) in [5.74, 6) is 0. The molecule has 0 aromatic heterocycles. The van der Waals surface area contributed by atoms with Crippen molar-refractivity contribution in [3.63, 3.8) is 0 Å². The van der Waals surface area contributed by atoms with Crippen molar-refractivity contribution < 1.29 is 10.1 Å². The van der Waals surface area contributed by atoms with E-state index in [9.17, 15) is 0 Å². The van der Waals surface area contributed by atoms with Gasteiger partial charge in [0.25, 0.3) is 0 Å². The second kappa shape index (κ2) is 10.5. The van der Waals surface area contributed by atoms with Gasteiger partial charge in [-0.3, -0.25) is 5.26 Å². The van der Waals surface area contributed by atoms with Crippen LogP contribution < -0.4 is 0 Å². The molecule has 0 aliphatic carbocycles. The molecule has 0 fully saturated rings. The molecule has 0 amide bonds. The van der Waals surface area contributed by atoms with Crippen LogP contribution in [0.3, 0.4) is 0 Å². The zero-order chi connectivity index (χ0) is 12.4. The maximum atomic E-state index is 7.90. The zero-order valence-electron chi connectivity index (χ0n) is 10.8. The van der Waals surface area contributed by atoms with Crippen molar-refractivity contribution in [2.24, 2.45) is 0 Å². The topological polar surface area (TPSA) is 29.5 Å². The third-order valence-electron chi connectivity index (χ3n) is 0.274. The summed E-state index contributed by atoms with van der Waals surface area (Å²) in [6.45, 7) is 20.3. The van der Waals surface area contributed by atoms with E-state index in [4.69, 9.17) is 5.26 Å². The molecule has 0 unspecified atom stereocenters. The smallest absolute Gasteiger partial charge is 0.0949 e. The van der Waals surface area contributed by atoms with Crippen LogP contribution in [0.15, 0.2) is 24.3 Å². The molecule has 0 aromatic rings. The first-order valence-corrected chi connectivity index (χ1v) is 4.59. The van der Waals surface area contributed by atoms with Gasteiger partial charge in [-0.15, -0.1) is 13.2 Å². The van der Waals surface area contributed by atoms with Gasteiger partial charge in [0.2, 0.25) is 0 Å². The first-order chi connectivity index (χ1) is 6.02. The third kappa shape index (κ3) is 214. The molecule has 86 valence electrons. The van der Waals surface area contributed by atoms with E-state index in [1.807, 2.05) is 27.7 Å². The molecule has 0 heterocycles. The monoisotopic (exact) mass is 202 g/mol. The number of hydrogen-bond donors (Lipinski definition) is 1. The minimum atomic E-state index is -0.403. The van der Waals surface area contributed by atoms with Gasteiger partial charge in [-0.2, -0.15) is 0 Å². The molecular formula is C12H26O2. The quantitative estimate of drug-likeness (QED) is 0.357. The first-order valence-electron chi connectivity index (χ1n) is 4.59. The molecule has 0 bridgehead atoms. The van der Waals surface area contributed by atoms with Crippen molar-refractivity contribution in [2.45, 2.75) is 54.1 Å². The van der Waals surface area contributed by atoms with E-state index in [1.54, 1.807) is 20.8 Å². The standard InChI is InChI=1S/C4H10O2.2C4H8/c1-4(2,3)6-5;2*1-4(2)3/h5H,1-3H3;2*1H2,2-3H3. The van der Waals surface area contributed by atoms with Crippen molar-refractivity contribution in [3.8, 4) is 0 Å². The average Bonchev–Trinajstić information content (AvgIpc) is 1.83. The van der Waals surface area contributed by atoms with E-state index in [-0.39, 0.29) is 0 Å². The molecule has 0 aliphatic heterocycles. The zero-order valence-corrected chi connectivity index (χ0v) is 10.8. The van der Waals surface area contributed by atoms with Gasteiger partial charge in [0, 0.05) is 0 Å². The van der Waals surface area contributed by atoms with Gasteiger partial charge < -0.3 is 0 Å². The highest BCUT2D eigenvalue weighted by atomic mass is 17.1. The van der Waals surface area contributed by atoms with Crippen molar-refractivity contribution in [3.05, 3.63) is 24.3 Å². The highest BCUT2D eigenvalue weighted by Crippen LogP contribution is 2.01. The van der Waals surface area contributed by atoms with Crippen LogP contribution in [0.5, 0.6) is 0 Å². The lowest BCUT2D eigenvalue weighted by molar-refractivity contribution is -0.306. The third-order valence-corrected chi connectivity index (χ3v) is 0.274. The second-order valence-electron chi connectivity index (χ2n) is 4.62. The van der Waals surface area contributed by atoms with E-state index >= 15 is 0 Å². The fourth-order valence-corrected chi connectivity index (χ4v) is 0. The Kier molecular flexibility index (Phi) is 14.3. The molecule has 0 radical (unpaired) electrons. The molecule has 0 rings (SSSR count). The minimum Gasteiger partial charge on any atom is -0.251 e. The fraction of sp³-hybridized carbons (Fsp3) is 0.667. The van der Waals surface area contributed by atoms with E-state index < -0.39 is 5.60 Å². The molecule has 0 aromatic carbocycles. The summed E-state index contributed by atoms with van der Waals surface area (Å²) >= 11 is 0. The van der Waals surface area contributed by atoms with Gasteiger partial charge in [0.05, 0.1) is 5.60 Å². The summed E-state index contributed by atoms with van der Waals surface area (Å²) in [6, 6.07) is 0. The van der Waals surface area contributed by atoms with E-state index in [1.165, 1.54) is 11.1 Å². The van der Waals surface area contributed by atoms with E-state index in [0.717, 1.165) is 0 Å². The van der Waals surface area contributed by atoms with Crippen molar-refractivity contribution in [2.75, 3.05) is 0 Å². The Morgan fingerprint density at radius 1 is 0.929 bits per heavy atom. The maximum absolute atomic E-state index is 7.90. The Morgan fingerprint density at radius 3 is 1.00 bits per heavy atom. The Balaban J connectivity index is -0.000000135. The summed E-state index contributed by atoms with van der Waals surface area (Å²) < 4.78 is 0. The number of hydrogen-bond acceptors (Lipinski definition) is 2. The Morgan fingerprint density at radius 2 is 1.00 bits per heavy atom. The Bertz CT molecular complexity index is 132. The van der Waals surface area contributed by atoms with Crippen LogP contribution in [-0.2, 0) is 4.89 Å². The van der Waals surface area contributed by atoms with Crippen LogP contribution in [0.25, 0.3) is 0 Å². The van der Waals surface area contributed by atoms with Gasteiger partial charge in [0.1, 0.15) is 0 Å². The van der Waals surface area contributed by atoms with Crippen LogP contribution in [0, 0.1) is 0 Å². The average molecular weight is 202 g/mol. The lowest BCUT2D eigenvalue weighted by Crippen LogP contribution is -2.15. The molecule has 0 spiro atoms. The molecular weight excluding hydrogens is 176 g/mol. The van der Waals surface area contributed by atoms with E-state index in [0.29, 0.717) is 0 Å². The summed E-state index contributed by atoms with van der Waals surface area (Å²) in [5, 5.41) is 7.90. The fourth-order valence-electron chi connectivity index (χ4n) is 0. The molecule has 0 saturated carbocycles. The van der Waals surface area contributed by atoms with Crippen molar-refractivity contribution in [1.82, 2.24) is 0 Å². The molecule has 2 nitrogen and oxygen atoms in total. The van der Waals surface area contributed by atoms with Crippen molar-refractivity contribution in [1.29, 1.82) is 0 Å². The molecule has 1 N–H and O–H groups in total. The summed E-state index contributed by atoms with van der Waals surface area (Å²) in [4.78, 5) is 3.94. The summed E-state index contributed by atoms with van der Waals surface area (Å²) in [6.07, 6.45) is 0. The minimum absolute atomic E-state index is 0.403. The molecule has 0 aliphatic rings. The largest absolute Gasteiger partial charge is 0.251 e. The van der Waals surface area contributed by atoms with Gasteiger partial charge in [-0.25, -0.2) is 4.89 Å². The molecule has 0 saturated heterocycles. The van der Waals surface area contributed by atoms with Crippen molar-refractivity contribution >= 4 is 0 Å². The van der Waals surface area contributed by atoms with Crippen LogP contribution in [0.1, 0.15) is 48.5 Å². The lowest BCUT2D eigenvalue weighted by Gasteiger charge is -2.10. The lowest BCUT2D eigenvalue weighted by atomic mass is 10.2. The Labute approximate surface area is 89.2 Å². The molecule has 0 atom stereocenters. The summed E-state index contributed by atoms with van der Waals surface area (Å²) in [5.41, 5.74) is 1.93. The van der Waals surface area contributed by atoms with Gasteiger partial charge in [0.15, 0.2) is 0 Å². The SMILES string of the molecule is C=C(C)C.C=C(C)C.CC(C)(C)OO. The van der Waals surface area contributed by atoms with Gasteiger partial charge in [-0.05, 0) is 48.5 Å². The predicted octanol–water partition coefficient (Wildman–Crippen LogP) is 4.44. The molecule has 14 heavy (non-hydrogen) atoms. The van der Waals surface area contributed by atoms with Crippen LogP contribution in [0.2, 0.25) is 0 Å². The maximum Gasteiger partial charge on any atom is 0.0949 e. The van der Waals surface area contributed by atoms with Gasteiger partial charge in [-0.1, -0.05) is 11.1 Å².